The molecule has 1 aromatic carbocycles. The van der Waals surface area contributed by atoms with Crippen molar-refractivity contribution in [3.8, 4) is 5.75 Å². The van der Waals surface area contributed by atoms with Gasteiger partial charge < -0.3 is 24.6 Å². The van der Waals surface area contributed by atoms with E-state index in [2.05, 4.69) is 16.3 Å². The molecule has 3 rings (SSSR count). The van der Waals surface area contributed by atoms with Gasteiger partial charge in [0.15, 0.2) is 0 Å². The first-order valence-electron chi connectivity index (χ1n) is 8.57. The second kappa shape index (κ2) is 8.74. The number of rotatable bonds is 5. The third-order valence-corrected chi connectivity index (χ3v) is 5.11. The van der Waals surface area contributed by atoms with Crippen LogP contribution >= 0.6 is 12.4 Å². The molecular formula is C18H28ClN3O3. The van der Waals surface area contributed by atoms with Gasteiger partial charge >= 0.3 is 0 Å². The van der Waals surface area contributed by atoms with Crippen LogP contribution in [0.2, 0.25) is 0 Å². The highest BCUT2D eigenvalue weighted by Gasteiger charge is 2.44. The van der Waals surface area contributed by atoms with Crippen LogP contribution in [0.25, 0.3) is 0 Å². The van der Waals surface area contributed by atoms with E-state index in [1.165, 1.54) is 0 Å². The van der Waals surface area contributed by atoms with Gasteiger partial charge in [0.25, 0.3) is 0 Å². The molecule has 0 saturated carbocycles. The molecule has 2 heterocycles. The smallest absolute Gasteiger partial charge is 0.232 e. The lowest BCUT2D eigenvalue weighted by molar-refractivity contribution is -0.144. The van der Waals surface area contributed by atoms with E-state index in [0.29, 0.717) is 13.2 Å². The average molecular weight is 370 g/mol. The maximum Gasteiger partial charge on any atom is 0.232 e. The number of carbonyl (C=O) groups excluding carboxylic acids is 1. The molecule has 140 valence electrons. The Morgan fingerprint density at radius 3 is 2.52 bits per heavy atom. The summed E-state index contributed by atoms with van der Waals surface area (Å²) in [4.78, 5) is 17.3. The number of anilines is 1. The minimum absolute atomic E-state index is 0. The van der Waals surface area contributed by atoms with Crippen molar-refractivity contribution in [2.45, 2.75) is 6.42 Å². The molecule has 7 heteroatoms. The van der Waals surface area contributed by atoms with Gasteiger partial charge in [0.2, 0.25) is 5.91 Å². The molecule has 0 radical (unpaired) electrons. The van der Waals surface area contributed by atoms with Crippen molar-refractivity contribution in [1.82, 2.24) is 10.2 Å². The van der Waals surface area contributed by atoms with Gasteiger partial charge in [-0.15, -0.1) is 12.4 Å². The number of amides is 1. The van der Waals surface area contributed by atoms with Crippen LogP contribution in [0.4, 0.5) is 5.69 Å². The van der Waals surface area contributed by atoms with Gasteiger partial charge in [-0.3, -0.25) is 4.79 Å². The van der Waals surface area contributed by atoms with E-state index in [0.717, 1.165) is 50.6 Å². The van der Waals surface area contributed by atoms with E-state index in [4.69, 9.17) is 9.47 Å². The summed E-state index contributed by atoms with van der Waals surface area (Å²) in [6.07, 6.45) is 0.854. The highest BCUT2D eigenvalue weighted by molar-refractivity contribution is 5.85. The number of methoxy groups -OCH3 is 2. The maximum atomic E-state index is 13.0. The van der Waals surface area contributed by atoms with Gasteiger partial charge in [0.1, 0.15) is 5.75 Å². The predicted molar refractivity (Wildman–Crippen MR) is 101 cm³/mol. The van der Waals surface area contributed by atoms with Crippen LogP contribution in [0.1, 0.15) is 6.42 Å². The lowest BCUT2D eigenvalue weighted by Gasteiger charge is -2.40. The molecule has 2 saturated heterocycles. The van der Waals surface area contributed by atoms with Gasteiger partial charge in [-0.05, 0) is 25.1 Å². The summed E-state index contributed by atoms with van der Waals surface area (Å²) in [6.45, 7) is 5.21. The van der Waals surface area contributed by atoms with Crippen molar-refractivity contribution in [1.29, 1.82) is 0 Å². The molecule has 0 aliphatic carbocycles. The van der Waals surface area contributed by atoms with Crippen LogP contribution in [0.3, 0.4) is 0 Å². The third kappa shape index (κ3) is 4.02. The second-order valence-electron chi connectivity index (χ2n) is 6.59. The van der Waals surface area contributed by atoms with E-state index >= 15 is 0 Å². The predicted octanol–water partition coefficient (Wildman–Crippen LogP) is 1.39. The number of halogens is 1. The minimum Gasteiger partial charge on any atom is -0.495 e. The minimum atomic E-state index is -0.388. The molecule has 1 amide bonds. The van der Waals surface area contributed by atoms with E-state index in [1.54, 1.807) is 14.2 Å². The summed E-state index contributed by atoms with van der Waals surface area (Å²) in [5, 5.41) is 3.31. The average Bonchev–Trinajstić information content (AvgIpc) is 3.11. The molecule has 0 aromatic heterocycles. The molecule has 1 aromatic rings. The van der Waals surface area contributed by atoms with Gasteiger partial charge in [0.05, 0.1) is 24.8 Å². The lowest BCUT2D eigenvalue weighted by atomic mass is 9.86. The number of hydrogen-bond donors (Lipinski definition) is 1. The maximum absolute atomic E-state index is 13.0. The van der Waals surface area contributed by atoms with Crippen molar-refractivity contribution in [3.63, 3.8) is 0 Å². The van der Waals surface area contributed by atoms with Gasteiger partial charge in [-0.1, -0.05) is 12.1 Å². The van der Waals surface area contributed by atoms with E-state index in [9.17, 15) is 4.79 Å². The Balaban J connectivity index is 0.00000225. The Morgan fingerprint density at radius 1 is 1.20 bits per heavy atom. The Kier molecular flexibility index (Phi) is 6.93. The highest BCUT2D eigenvalue weighted by Crippen LogP contribution is 2.31. The quantitative estimate of drug-likeness (QED) is 0.850. The summed E-state index contributed by atoms with van der Waals surface area (Å²) in [5.74, 6) is 1.11. The lowest BCUT2D eigenvalue weighted by Crippen LogP contribution is -2.55. The Hall–Kier alpha value is -1.50. The van der Waals surface area contributed by atoms with Crippen LogP contribution < -0.4 is 15.0 Å². The molecular weight excluding hydrogens is 342 g/mol. The molecule has 0 spiro atoms. The summed E-state index contributed by atoms with van der Waals surface area (Å²) in [7, 11) is 3.37. The number of carbonyl (C=O) groups is 1. The van der Waals surface area contributed by atoms with E-state index < -0.39 is 0 Å². The number of ether oxygens (including phenoxy) is 2. The zero-order chi connectivity index (χ0) is 17.0. The topological polar surface area (TPSA) is 54.0 Å². The molecule has 2 fully saturated rings. The zero-order valence-electron chi connectivity index (χ0n) is 15.0. The summed E-state index contributed by atoms with van der Waals surface area (Å²) in [5.41, 5.74) is 0.711. The zero-order valence-corrected chi connectivity index (χ0v) is 15.8. The van der Waals surface area contributed by atoms with Crippen molar-refractivity contribution in [3.05, 3.63) is 24.3 Å². The number of hydrogen-bond acceptors (Lipinski definition) is 5. The van der Waals surface area contributed by atoms with Crippen molar-refractivity contribution in [2.75, 3.05) is 65.0 Å². The first-order chi connectivity index (χ1) is 11.7. The van der Waals surface area contributed by atoms with Crippen LogP contribution in [0, 0.1) is 5.41 Å². The first-order valence-corrected chi connectivity index (χ1v) is 8.57. The number of benzene rings is 1. The molecule has 2 aliphatic rings. The largest absolute Gasteiger partial charge is 0.495 e. The Bertz CT molecular complexity index is 570. The van der Waals surface area contributed by atoms with Crippen LogP contribution in [-0.2, 0) is 9.53 Å². The molecule has 1 unspecified atom stereocenters. The van der Waals surface area contributed by atoms with E-state index in [1.807, 2.05) is 23.1 Å². The van der Waals surface area contributed by atoms with Gasteiger partial charge in [0, 0.05) is 39.8 Å². The number of nitrogens with one attached hydrogen (secondary N) is 1. The molecule has 1 N–H and O–H groups in total. The monoisotopic (exact) mass is 369 g/mol. The number of para-hydroxylation sites is 2. The fourth-order valence-corrected chi connectivity index (χ4v) is 3.76. The van der Waals surface area contributed by atoms with Crippen molar-refractivity contribution < 1.29 is 14.3 Å². The fraction of sp³-hybridized carbons (Fsp3) is 0.611. The van der Waals surface area contributed by atoms with Crippen LogP contribution in [0.5, 0.6) is 5.75 Å². The second-order valence-corrected chi connectivity index (χ2v) is 6.59. The molecule has 2 aliphatic heterocycles. The highest BCUT2D eigenvalue weighted by atomic mass is 35.5. The third-order valence-electron chi connectivity index (χ3n) is 5.11. The Morgan fingerprint density at radius 2 is 1.92 bits per heavy atom. The standard InChI is InChI=1S/C18H27N3O3.ClH/c1-23-14-18(7-8-19-13-18)17(22)21-11-9-20(10-12-21)15-5-3-4-6-16(15)24-2;/h3-6,19H,7-14H2,1-2H3;1H. The van der Waals surface area contributed by atoms with Crippen molar-refractivity contribution >= 4 is 24.0 Å². The number of nitrogens with zero attached hydrogens (tertiary/aromatic N) is 2. The van der Waals surface area contributed by atoms with Crippen LogP contribution in [-0.4, -0.2) is 70.9 Å². The number of piperazine rings is 1. The van der Waals surface area contributed by atoms with Crippen molar-refractivity contribution in [2.24, 2.45) is 5.41 Å². The molecule has 0 bridgehead atoms. The first kappa shape index (κ1) is 19.8. The van der Waals surface area contributed by atoms with E-state index in [-0.39, 0.29) is 23.7 Å². The summed E-state index contributed by atoms with van der Waals surface area (Å²) < 4.78 is 10.8. The Labute approximate surface area is 155 Å². The normalized spacial score (nSPS) is 23.3. The van der Waals surface area contributed by atoms with Gasteiger partial charge in [-0.2, -0.15) is 0 Å². The summed E-state index contributed by atoms with van der Waals surface area (Å²) >= 11 is 0. The SMILES string of the molecule is COCC1(C(=O)N2CCN(c3ccccc3OC)CC2)CCNC1.Cl. The summed E-state index contributed by atoms with van der Waals surface area (Å²) in [6, 6.07) is 8.05. The molecule has 25 heavy (non-hydrogen) atoms. The fourth-order valence-electron chi connectivity index (χ4n) is 3.76. The van der Waals surface area contributed by atoms with Crippen LogP contribution in [0.15, 0.2) is 24.3 Å². The molecule has 1 atom stereocenters. The molecule has 6 nitrogen and oxygen atoms in total. The van der Waals surface area contributed by atoms with Gasteiger partial charge in [-0.25, -0.2) is 0 Å².